The van der Waals surface area contributed by atoms with E-state index in [4.69, 9.17) is 9.47 Å². The average Bonchev–Trinajstić information content (AvgIpc) is 2.42. The Morgan fingerprint density at radius 3 is 2.32 bits per heavy atom. The summed E-state index contributed by atoms with van der Waals surface area (Å²) in [5.41, 5.74) is -0.488. The van der Waals surface area contributed by atoms with Crippen LogP contribution in [-0.4, -0.2) is 46.3 Å². The molecule has 1 heterocycles. The van der Waals surface area contributed by atoms with E-state index >= 15 is 0 Å². The van der Waals surface area contributed by atoms with Gasteiger partial charge in [0.15, 0.2) is 0 Å². The van der Waals surface area contributed by atoms with Crippen LogP contribution in [0.5, 0.6) is 0 Å². The highest BCUT2D eigenvalue weighted by atomic mass is 127. The van der Waals surface area contributed by atoms with Gasteiger partial charge in [-0.25, -0.2) is 4.79 Å². The molecule has 130 valence electrons. The molecule has 0 aromatic heterocycles. The summed E-state index contributed by atoms with van der Waals surface area (Å²) in [7, 11) is 0. The smallest absolute Gasteiger partial charge is 0.410 e. The number of nitrogens with zero attached hydrogens (tertiary/aromatic N) is 1. The standard InChI is InChI=1S/C17H32INO3/c1-14(2)7-6-12-21-17(13-18)8-10-19(11-9-17)15(20)22-16(3,4)5/h14H,6-13H2,1-5H3. The fraction of sp³-hybridized carbons (Fsp3) is 0.941. The molecule has 1 saturated heterocycles. The second-order valence-electron chi connectivity index (χ2n) is 7.67. The van der Waals surface area contributed by atoms with Crippen molar-refractivity contribution in [2.24, 2.45) is 5.92 Å². The minimum Gasteiger partial charge on any atom is -0.444 e. The van der Waals surface area contributed by atoms with E-state index < -0.39 is 5.60 Å². The molecule has 0 spiro atoms. The van der Waals surface area contributed by atoms with Crippen LogP contribution in [0, 0.1) is 5.92 Å². The molecule has 5 heteroatoms. The fourth-order valence-electron chi connectivity index (χ4n) is 2.52. The van der Waals surface area contributed by atoms with E-state index in [-0.39, 0.29) is 11.7 Å². The second kappa shape index (κ2) is 8.71. The Labute approximate surface area is 149 Å². The lowest BCUT2D eigenvalue weighted by Crippen LogP contribution is -2.50. The van der Waals surface area contributed by atoms with Crippen molar-refractivity contribution in [2.45, 2.75) is 71.5 Å². The molecule has 0 radical (unpaired) electrons. The summed E-state index contributed by atoms with van der Waals surface area (Å²) >= 11 is 2.41. The van der Waals surface area contributed by atoms with Gasteiger partial charge in [-0.15, -0.1) is 0 Å². The van der Waals surface area contributed by atoms with Gasteiger partial charge >= 0.3 is 6.09 Å². The van der Waals surface area contributed by atoms with Crippen molar-refractivity contribution in [1.82, 2.24) is 4.90 Å². The lowest BCUT2D eigenvalue weighted by Gasteiger charge is -2.41. The number of halogens is 1. The number of piperidine rings is 1. The van der Waals surface area contributed by atoms with Gasteiger partial charge in [-0.1, -0.05) is 36.4 Å². The average molecular weight is 425 g/mol. The number of carbonyl (C=O) groups excluding carboxylic acids is 1. The Hall–Kier alpha value is -0.0400. The molecule has 4 nitrogen and oxygen atoms in total. The Morgan fingerprint density at radius 2 is 1.86 bits per heavy atom. The van der Waals surface area contributed by atoms with Crippen LogP contribution in [-0.2, 0) is 9.47 Å². The van der Waals surface area contributed by atoms with Crippen LogP contribution in [0.3, 0.4) is 0 Å². The number of carbonyl (C=O) groups is 1. The molecule has 0 aliphatic carbocycles. The minimum atomic E-state index is -0.428. The van der Waals surface area contributed by atoms with Crippen LogP contribution >= 0.6 is 22.6 Å². The highest BCUT2D eigenvalue weighted by molar-refractivity contribution is 14.1. The van der Waals surface area contributed by atoms with E-state index in [1.807, 2.05) is 25.7 Å². The third-order valence-electron chi connectivity index (χ3n) is 3.90. The molecule has 22 heavy (non-hydrogen) atoms. The summed E-state index contributed by atoms with van der Waals surface area (Å²) in [6.07, 6.45) is 3.93. The quantitative estimate of drug-likeness (QED) is 0.354. The van der Waals surface area contributed by atoms with Crippen molar-refractivity contribution in [3.8, 4) is 0 Å². The van der Waals surface area contributed by atoms with Gasteiger partial charge in [-0.3, -0.25) is 0 Å². The van der Waals surface area contributed by atoms with E-state index in [0.717, 1.165) is 49.3 Å². The van der Waals surface area contributed by atoms with Gasteiger partial charge < -0.3 is 14.4 Å². The summed E-state index contributed by atoms with van der Waals surface area (Å²) in [4.78, 5) is 13.9. The van der Waals surface area contributed by atoms with Crippen molar-refractivity contribution < 1.29 is 14.3 Å². The molecular formula is C17H32INO3. The molecule has 0 N–H and O–H groups in total. The van der Waals surface area contributed by atoms with Crippen LogP contribution in [0.4, 0.5) is 4.79 Å². The van der Waals surface area contributed by atoms with Gasteiger partial charge in [-0.05, 0) is 52.4 Å². The molecule has 1 rings (SSSR count). The molecule has 0 aromatic carbocycles. The zero-order valence-electron chi connectivity index (χ0n) is 14.8. The molecule has 0 unspecified atom stereocenters. The highest BCUT2D eigenvalue weighted by Crippen LogP contribution is 2.30. The summed E-state index contributed by atoms with van der Waals surface area (Å²) in [5, 5.41) is 0. The molecule has 0 bridgehead atoms. The van der Waals surface area contributed by atoms with Crippen LogP contribution < -0.4 is 0 Å². The van der Waals surface area contributed by atoms with Gasteiger partial charge in [-0.2, -0.15) is 0 Å². The fourth-order valence-corrected chi connectivity index (χ4v) is 3.50. The summed E-state index contributed by atoms with van der Waals surface area (Å²) in [6.45, 7) is 12.5. The normalized spacial score (nSPS) is 18.6. The van der Waals surface area contributed by atoms with Crippen LogP contribution in [0.25, 0.3) is 0 Å². The third kappa shape index (κ3) is 7.02. The van der Waals surface area contributed by atoms with Crippen LogP contribution in [0.15, 0.2) is 0 Å². The Morgan fingerprint density at radius 1 is 1.27 bits per heavy atom. The first-order valence-electron chi connectivity index (χ1n) is 8.35. The summed E-state index contributed by atoms with van der Waals surface area (Å²) in [5.74, 6) is 0.730. The second-order valence-corrected chi connectivity index (χ2v) is 8.43. The SMILES string of the molecule is CC(C)CCCOC1(CI)CCN(C(=O)OC(C)(C)C)CC1. The van der Waals surface area contributed by atoms with E-state index in [9.17, 15) is 4.79 Å². The minimum absolute atomic E-state index is 0.0595. The van der Waals surface area contributed by atoms with Gasteiger partial charge in [0, 0.05) is 24.1 Å². The number of ether oxygens (including phenoxy) is 2. The van der Waals surface area contributed by atoms with Crippen molar-refractivity contribution in [3.63, 3.8) is 0 Å². The zero-order chi connectivity index (χ0) is 16.8. The maximum Gasteiger partial charge on any atom is 0.410 e. The number of alkyl halides is 1. The molecular weight excluding hydrogens is 393 g/mol. The Kier molecular flexibility index (Phi) is 7.92. The van der Waals surface area contributed by atoms with Gasteiger partial charge in [0.05, 0.1) is 5.60 Å². The van der Waals surface area contributed by atoms with E-state index in [0.29, 0.717) is 0 Å². The molecule has 0 aromatic rings. The van der Waals surface area contributed by atoms with Gasteiger partial charge in [0.1, 0.15) is 5.60 Å². The number of rotatable bonds is 6. The number of amides is 1. The van der Waals surface area contributed by atoms with E-state index in [1.165, 1.54) is 6.42 Å². The van der Waals surface area contributed by atoms with Gasteiger partial charge in [0.25, 0.3) is 0 Å². The zero-order valence-corrected chi connectivity index (χ0v) is 16.9. The first-order chi connectivity index (χ1) is 10.2. The topological polar surface area (TPSA) is 38.8 Å². The maximum absolute atomic E-state index is 12.1. The van der Waals surface area contributed by atoms with E-state index in [1.54, 1.807) is 0 Å². The van der Waals surface area contributed by atoms with Crippen molar-refractivity contribution in [3.05, 3.63) is 0 Å². The Balaban J connectivity index is 2.41. The lowest BCUT2D eigenvalue weighted by atomic mass is 9.93. The van der Waals surface area contributed by atoms with Crippen LogP contribution in [0.1, 0.15) is 60.3 Å². The van der Waals surface area contributed by atoms with Crippen molar-refractivity contribution >= 4 is 28.7 Å². The number of hydrogen-bond donors (Lipinski definition) is 0. The predicted octanol–water partition coefficient (Wildman–Crippen LogP) is 4.64. The van der Waals surface area contributed by atoms with Crippen molar-refractivity contribution in [1.29, 1.82) is 0 Å². The summed E-state index contributed by atoms with van der Waals surface area (Å²) < 4.78 is 12.6. The molecule has 1 aliphatic rings. The third-order valence-corrected chi connectivity index (χ3v) is 5.29. The van der Waals surface area contributed by atoms with Gasteiger partial charge in [0.2, 0.25) is 0 Å². The first kappa shape index (κ1) is 20.0. The largest absolute Gasteiger partial charge is 0.444 e. The maximum atomic E-state index is 12.1. The van der Waals surface area contributed by atoms with E-state index in [2.05, 4.69) is 36.4 Å². The van der Waals surface area contributed by atoms with Crippen molar-refractivity contribution in [2.75, 3.05) is 24.1 Å². The molecule has 1 aliphatic heterocycles. The first-order valence-corrected chi connectivity index (χ1v) is 9.88. The molecule has 1 fully saturated rings. The Bertz CT molecular complexity index is 344. The molecule has 0 atom stereocenters. The lowest BCUT2D eigenvalue weighted by molar-refractivity contribution is -0.0688. The highest BCUT2D eigenvalue weighted by Gasteiger charge is 2.37. The molecule has 0 saturated carbocycles. The number of likely N-dealkylation sites (tertiary alicyclic amines) is 1. The van der Waals surface area contributed by atoms with Crippen LogP contribution in [0.2, 0.25) is 0 Å². The summed E-state index contributed by atoms with van der Waals surface area (Å²) in [6, 6.07) is 0. The predicted molar refractivity (Wildman–Crippen MR) is 98.7 cm³/mol. The monoisotopic (exact) mass is 425 g/mol. The molecule has 1 amide bonds. The number of hydrogen-bond acceptors (Lipinski definition) is 3.